The summed E-state index contributed by atoms with van der Waals surface area (Å²) in [5.41, 5.74) is 3.74. The third kappa shape index (κ3) is 3.73. The van der Waals surface area contributed by atoms with Crippen molar-refractivity contribution in [3.8, 4) is 0 Å². The van der Waals surface area contributed by atoms with Crippen molar-refractivity contribution in [3.05, 3.63) is 65.9 Å². The van der Waals surface area contributed by atoms with Crippen LogP contribution in [0.2, 0.25) is 0 Å². The van der Waals surface area contributed by atoms with Gasteiger partial charge in [-0.3, -0.25) is 9.78 Å². The second-order valence-electron chi connectivity index (χ2n) is 7.93. The monoisotopic (exact) mass is 428 g/mol. The molecule has 1 N–H and O–H groups in total. The molecule has 1 fully saturated rings. The first-order valence-corrected chi connectivity index (χ1v) is 10.7. The number of anilines is 1. The molecule has 0 unspecified atom stereocenters. The highest BCUT2D eigenvalue weighted by Crippen LogP contribution is 2.28. The van der Waals surface area contributed by atoms with Crippen LogP contribution in [0.25, 0.3) is 21.8 Å². The van der Waals surface area contributed by atoms with Crippen LogP contribution in [0.1, 0.15) is 34.7 Å². The van der Waals surface area contributed by atoms with Crippen LogP contribution in [0.15, 0.2) is 48.9 Å². The molecule has 0 spiro atoms. The lowest BCUT2D eigenvalue weighted by Crippen LogP contribution is -2.41. The van der Waals surface area contributed by atoms with Gasteiger partial charge in [0.25, 0.3) is 5.91 Å². The van der Waals surface area contributed by atoms with E-state index in [9.17, 15) is 4.79 Å². The van der Waals surface area contributed by atoms with Gasteiger partial charge in [0, 0.05) is 24.7 Å². The van der Waals surface area contributed by atoms with Crippen molar-refractivity contribution >= 4 is 33.5 Å². The molecule has 3 aromatic heterocycles. The lowest BCUT2D eigenvalue weighted by molar-refractivity contribution is 0.0300. The average molecular weight is 428 g/mol. The number of amides is 1. The van der Waals surface area contributed by atoms with E-state index < -0.39 is 0 Å². The van der Waals surface area contributed by atoms with Crippen molar-refractivity contribution in [3.63, 3.8) is 0 Å². The predicted octanol–water partition coefficient (Wildman–Crippen LogP) is 3.53. The number of hydrogen-bond acceptors (Lipinski definition) is 7. The number of nitrogens with zero attached hydrogens (tertiary/aromatic N) is 5. The number of carbonyl (C=O) groups is 1. The first-order chi connectivity index (χ1) is 15.6. The standard InChI is InChI=1S/C24H24N6O2/c1-15-5-3-6-17-13-19(29-22(20(15)17)24(31)30-9-11-32-12-10-30)16(2)28-23-21-18(26-14-27-23)7-4-8-25-21/h3-8,13-14,16H,9-12H2,1-2H3,(H,26,27,28)/t16-/m0/s1. The van der Waals surface area contributed by atoms with Crippen molar-refractivity contribution in [2.45, 2.75) is 19.9 Å². The third-order valence-electron chi connectivity index (χ3n) is 5.78. The van der Waals surface area contributed by atoms with Gasteiger partial charge in [-0.25, -0.2) is 15.0 Å². The highest BCUT2D eigenvalue weighted by molar-refractivity contribution is 6.06. The number of pyridine rings is 2. The number of benzene rings is 1. The molecule has 32 heavy (non-hydrogen) atoms. The number of hydrogen-bond donors (Lipinski definition) is 1. The summed E-state index contributed by atoms with van der Waals surface area (Å²) in [6, 6.07) is 11.6. The third-order valence-corrected chi connectivity index (χ3v) is 5.78. The second kappa shape index (κ2) is 8.47. The van der Waals surface area contributed by atoms with E-state index in [4.69, 9.17) is 9.72 Å². The van der Waals surface area contributed by atoms with Crippen LogP contribution in [-0.2, 0) is 4.74 Å². The molecule has 1 amide bonds. The van der Waals surface area contributed by atoms with Gasteiger partial charge in [0.1, 0.15) is 17.5 Å². The minimum atomic E-state index is -0.198. The van der Waals surface area contributed by atoms with E-state index in [1.807, 2.05) is 55.1 Å². The first kappa shape index (κ1) is 20.3. The molecule has 4 aromatic rings. The Morgan fingerprint density at radius 3 is 2.81 bits per heavy atom. The largest absolute Gasteiger partial charge is 0.378 e. The lowest BCUT2D eigenvalue weighted by Gasteiger charge is -2.27. The van der Waals surface area contributed by atoms with Gasteiger partial charge in [-0.1, -0.05) is 18.2 Å². The van der Waals surface area contributed by atoms with Crippen LogP contribution >= 0.6 is 0 Å². The molecule has 0 aliphatic carbocycles. The Hall–Kier alpha value is -3.65. The van der Waals surface area contributed by atoms with E-state index in [0.29, 0.717) is 43.3 Å². The zero-order valence-corrected chi connectivity index (χ0v) is 18.1. The first-order valence-electron chi connectivity index (χ1n) is 10.7. The maximum atomic E-state index is 13.4. The van der Waals surface area contributed by atoms with Crippen LogP contribution in [0, 0.1) is 6.92 Å². The Balaban J connectivity index is 1.56. The summed E-state index contributed by atoms with van der Waals surface area (Å²) >= 11 is 0. The number of aryl methyl sites for hydroxylation is 1. The number of nitrogens with one attached hydrogen (secondary N) is 1. The van der Waals surface area contributed by atoms with Gasteiger partial charge in [-0.05, 0) is 43.0 Å². The molecule has 8 nitrogen and oxygen atoms in total. The zero-order chi connectivity index (χ0) is 22.1. The van der Waals surface area contributed by atoms with E-state index in [1.54, 1.807) is 6.20 Å². The molecule has 5 rings (SSSR count). The summed E-state index contributed by atoms with van der Waals surface area (Å²) in [5, 5.41) is 5.29. The molecule has 1 aliphatic heterocycles. The molecule has 1 aromatic carbocycles. The number of fused-ring (bicyclic) bond motifs is 2. The smallest absolute Gasteiger partial charge is 0.273 e. The number of carbonyl (C=O) groups excluding carboxylic acids is 1. The minimum Gasteiger partial charge on any atom is -0.378 e. The molecule has 0 bridgehead atoms. The summed E-state index contributed by atoms with van der Waals surface area (Å²) in [6.45, 7) is 6.27. The van der Waals surface area contributed by atoms with E-state index in [-0.39, 0.29) is 11.9 Å². The zero-order valence-electron chi connectivity index (χ0n) is 18.1. The van der Waals surface area contributed by atoms with E-state index >= 15 is 0 Å². The van der Waals surface area contributed by atoms with Gasteiger partial charge in [0.2, 0.25) is 0 Å². The summed E-state index contributed by atoms with van der Waals surface area (Å²) in [6.07, 6.45) is 3.24. The topological polar surface area (TPSA) is 93.1 Å². The number of rotatable bonds is 4. The molecule has 8 heteroatoms. The number of morpholine rings is 1. The van der Waals surface area contributed by atoms with Crippen LogP contribution in [0.3, 0.4) is 0 Å². The summed E-state index contributed by atoms with van der Waals surface area (Å²) in [5.74, 6) is 0.575. The minimum absolute atomic E-state index is 0.0594. The molecular weight excluding hydrogens is 404 g/mol. The number of ether oxygens (including phenoxy) is 1. The summed E-state index contributed by atoms with van der Waals surface area (Å²) < 4.78 is 5.42. The van der Waals surface area contributed by atoms with Gasteiger partial charge in [-0.15, -0.1) is 0 Å². The van der Waals surface area contributed by atoms with Crippen LogP contribution in [0.5, 0.6) is 0 Å². The maximum absolute atomic E-state index is 13.4. The molecule has 162 valence electrons. The van der Waals surface area contributed by atoms with Crippen LogP contribution in [0.4, 0.5) is 5.82 Å². The van der Waals surface area contributed by atoms with Crippen molar-refractivity contribution in [2.24, 2.45) is 0 Å². The maximum Gasteiger partial charge on any atom is 0.273 e. The highest BCUT2D eigenvalue weighted by Gasteiger charge is 2.24. The fourth-order valence-corrected chi connectivity index (χ4v) is 4.08. The molecule has 1 atom stereocenters. The lowest BCUT2D eigenvalue weighted by atomic mass is 10.0. The van der Waals surface area contributed by atoms with Gasteiger partial charge in [0.15, 0.2) is 5.82 Å². The molecule has 4 heterocycles. The van der Waals surface area contributed by atoms with E-state index in [0.717, 1.165) is 27.5 Å². The van der Waals surface area contributed by atoms with E-state index in [2.05, 4.69) is 20.3 Å². The van der Waals surface area contributed by atoms with Crippen LogP contribution < -0.4 is 5.32 Å². The Morgan fingerprint density at radius 2 is 1.97 bits per heavy atom. The van der Waals surface area contributed by atoms with Gasteiger partial charge in [-0.2, -0.15) is 0 Å². The summed E-state index contributed by atoms with van der Waals surface area (Å²) in [4.78, 5) is 33.2. The van der Waals surface area contributed by atoms with Gasteiger partial charge < -0.3 is 15.0 Å². The Labute approximate surface area is 185 Å². The number of aromatic nitrogens is 4. The molecule has 0 saturated carbocycles. The Morgan fingerprint density at radius 1 is 1.12 bits per heavy atom. The van der Waals surface area contributed by atoms with Crippen molar-refractivity contribution in [1.29, 1.82) is 0 Å². The van der Waals surface area contributed by atoms with Crippen LogP contribution in [-0.4, -0.2) is 57.0 Å². The SMILES string of the molecule is Cc1cccc2cc([C@H](C)Nc3ncnc4cccnc34)nc(C(=O)N3CCOCC3)c12. The van der Waals surface area contributed by atoms with Crippen molar-refractivity contribution in [1.82, 2.24) is 24.8 Å². The normalized spacial score (nSPS) is 15.1. The predicted molar refractivity (Wildman–Crippen MR) is 123 cm³/mol. The van der Waals surface area contributed by atoms with Crippen molar-refractivity contribution < 1.29 is 9.53 Å². The van der Waals surface area contributed by atoms with Gasteiger partial charge >= 0.3 is 0 Å². The van der Waals surface area contributed by atoms with Crippen molar-refractivity contribution in [2.75, 3.05) is 31.6 Å². The summed E-state index contributed by atoms with van der Waals surface area (Å²) in [7, 11) is 0. The quantitative estimate of drug-likeness (QED) is 0.531. The second-order valence-corrected chi connectivity index (χ2v) is 7.93. The fraction of sp³-hybridized carbons (Fsp3) is 0.292. The molecular formula is C24H24N6O2. The average Bonchev–Trinajstić information content (AvgIpc) is 2.84. The Bertz CT molecular complexity index is 1300. The highest BCUT2D eigenvalue weighted by atomic mass is 16.5. The van der Waals surface area contributed by atoms with E-state index in [1.165, 1.54) is 6.33 Å². The molecule has 1 aliphatic rings. The fourth-order valence-electron chi connectivity index (χ4n) is 4.08. The molecule has 1 saturated heterocycles. The van der Waals surface area contributed by atoms with Gasteiger partial charge in [0.05, 0.1) is 30.5 Å². The Kier molecular flexibility index (Phi) is 5.36. The molecule has 0 radical (unpaired) electrons.